The molecule has 2 atom stereocenters. The van der Waals surface area contributed by atoms with Gasteiger partial charge in [-0.25, -0.2) is 0 Å². The molecule has 1 nitrogen and oxygen atoms in total. The van der Waals surface area contributed by atoms with Gasteiger partial charge in [0.15, 0.2) is 0 Å². The molecule has 0 heterocycles. The fourth-order valence-electron chi connectivity index (χ4n) is 2.91. The van der Waals surface area contributed by atoms with Crippen molar-refractivity contribution in [2.45, 2.75) is 37.0 Å². The topological polar surface area (TPSA) is 20.2 Å². The van der Waals surface area contributed by atoms with E-state index in [1.54, 1.807) is 0 Å². The average molecular weight is 348 g/mol. The first-order valence-electron chi connectivity index (χ1n) is 7.78. The van der Waals surface area contributed by atoms with Crippen LogP contribution < -0.4 is 10.6 Å². The molecule has 1 aliphatic carbocycles. The van der Waals surface area contributed by atoms with Crippen LogP contribution in [-0.2, 0) is 11.8 Å². The lowest BCUT2D eigenvalue weighted by Crippen LogP contribution is -2.28. The molecule has 2 unspecified atom stereocenters. The highest BCUT2D eigenvalue weighted by Crippen LogP contribution is 2.60. The van der Waals surface area contributed by atoms with Gasteiger partial charge in [-0.15, -0.1) is 11.4 Å². The molecule has 0 aromatic heterocycles. The molecule has 4 heteroatoms. The van der Waals surface area contributed by atoms with Gasteiger partial charge in [-0.1, -0.05) is 85.3 Å². The lowest BCUT2D eigenvalue weighted by molar-refractivity contribution is 0.137. The van der Waals surface area contributed by atoms with Crippen LogP contribution >= 0.6 is 16.6 Å². The van der Waals surface area contributed by atoms with Gasteiger partial charge in [0.25, 0.3) is 0 Å². The zero-order valence-corrected chi connectivity index (χ0v) is 15.0. The van der Waals surface area contributed by atoms with Crippen molar-refractivity contribution in [3.8, 4) is 0 Å². The van der Waals surface area contributed by atoms with Crippen molar-refractivity contribution in [1.82, 2.24) is 0 Å². The molecular weight excluding hydrogens is 327 g/mol. The second-order valence-corrected chi connectivity index (χ2v) is 13.3. The molecule has 1 aliphatic rings. The zero-order chi connectivity index (χ0) is 15.4. The van der Waals surface area contributed by atoms with Crippen LogP contribution in [0.3, 0.4) is 0 Å². The molecule has 1 N–H and O–H groups in total. The molecule has 116 valence electrons. The average Bonchev–Trinajstić information content (AvgIpc) is 2.58. The van der Waals surface area contributed by atoms with E-state index in [4.69, 9.17) is 11.8 Å². The zero-order valence-electron chi connectivity index (χ0n) is 12.5. The second kappa shape index (κ2) is 7.31. The molecular formula is C18H21OPS2. The Morgan fingerprint density at radius 2 is 1.36 bits per heavy atom. The highest BCUT2D eigenvalue weighted by molar-refractivity contribution is 8.75. The molecule has 1 saturated carbocycles. The third-order valence-corrected chi connectivity index (χ3v) is 12.2. The van der Waals surface area contributed by atoms with Crippen molar-refractivity contribution in [2.24, 2.45) is 0 Å². The van der Waals surface area contributed by atoms with Crippen LogP contribution in [0.1, 0.15) is 25.7 Å². The van der Waals surface area contributed by atoms with Crippen molar-refractivity contribution < 1.29 is 5.11 Å². The monoisotopic (exact) mass is 348 g/mol. The summed E-state index contributed by atoms with van der Waals surface area (Å²) in [6.45, 7) is 0. The number of rotatable bonds is 4. The van der Waals surface area contributed by atoms with Crippen LogP contribution in [0.5, 0.6) is 0 Å². The second-order valence-electron chi connectivity index (χ2n) is 5.72. The molecule has 22 heavy (non-hydrogen) atoms. The summed E-state index contributed by atoms with van der Waals surface area (Å²) < 4.78 is 0. The molecule has 0 spiro atoms. The third-order valence-electron chi connectivity index (χ3n) is 4.14. The van der Waals surface area contributed by atoms with Gasteiger partial charge < -0.3 is 5.11 Å². The van der Waals surface area contributed by atoms with Crippen LogP contribution in [-0.4, -0.2) is 16.5 Å². The molecule has 0 bridgehead atoms. The van der Waals surface area contributed by atoms with E-state index in [-0.39, 0.29) is 11.4 Å². The molecule has 0 amide bonds. The molecule has 1 fully saturated rings. The third kappa shape index (κ3) is 3.49. The summed E-state index contributed by atoms with van der Waals surface area (Å²) in [6.07, 6.45) is 4.11. The fourth-order valence-corrected chi connectivity index (χ4v) is 10.6. The lowest BCUT2D eigenvalue weighted by Gasteiger charge is -2.33. The van der Waals surface area contributed by atoms with E-state index < -0.39 is 5.24 Å². The number of aliphatic hydroxyl groups excluding tert-OH is 1. The Bertz CT molecular complexity index is 601. The minimum atomic E-state index is -1.94. The van der Waals surface area contributed by atoms with Gasteiger partial charge in [-0.3, -0.25) is 0 Å². The van der Waals surface area contributed by atoms with Crippen LogP contribution in [0.4, 0.5) is 0 Å². The summed E-state index contributed by atoms with van der Waals surface area (Å²) in [5, 5.41) is 11.2. The normalized spacial score (nSPS) is 22.4. The van der Waals surface area contributed by atoms with Crippen LogP contribution in [0.2, 0.25) is 0 Å². The van der Waals surface area contributed by atoms with Crippen molar-refractivity contribution in [3.05, 3.63) is 60.7 Å². The summed E-state index contributed by atoms with van der Waals surface area (Å²) in [6, 6.07) is 20.9. The first-order valence-corrected chi connectivity index (χ1v) is 12.1. The SMILES string of the molecule is OC1CCCCC1SP(=S)(c1ccccc1)c1ccccc1. The van der Waals surface area contributed by atoms with Crippen LogP contribution in [0.25, 0.3) is 0 Å². The first kappa shape index (κ1) is 16.3. The maximum Gasteiger partial charge on any atom is 0.0662 e. The predicted octanol–water partition coefficient (Wildman–Crippen LogP) is 4.07. The maximum absolute atomic E-state index is 10.4. The minimum absolute atomic E-state index is 0.214. The van der Waals surface area contributed by atoms with E-state index in [0.29, 0.717) is 0 Å². The quantitative estimate of drug-likeness (QED) is 0.841. The van der Waals surface area contributed by atoms with E-state index in [1.807, 2.05) is 23.5 Å². The molecule has 0 radical (unpaired) electrons. The van der Waals surface area contributed by atoms with Gasteiger partial charge in [0, 0.05) is 5.25 Å². The van der Waals surface area contributed by atoms with Crippen molar-refractivity contribution >= 4 is 39.0 Å². The summed E-state index contributed by atoms with van der Waals surface area (Å²) in [4.78, 5) is 0. The van der Waals surface area contributed by atoms with Gasteiger partial charge in [0.05, 0.1) is 11.3 Å². The standard InChI is InChI=1S/C18H21OPS2/c19-17-13-7-8-14-18(17)22-20(21,15-9-3-1-4-10-15)16-11-5-2-6-12-16/h1-6,9-12,17-19H,7-8,13-14H2. The van der Waals surface area contributed by atoms with Gasteiger partial charge in [0.2, 0.25) is 0 Å². The van der Waals surface area contributed by atoms with Crippen LogP contribution in [0.15, 0.2) is 60.7 Å². The minimum Gasteiger partial charge on any atom is -0.392 e. The highest BCUT2D eigenvalue weighted by Gasteiger charge is 2.32. The Labute approximate surface area is 141 Å². The Balaban J connectivity index is 1.98. The maximum atomic E-state index is 10.4. The van der Waals surface area contributed by atoms with Gasteiger partial charge in [0.1, 0.15) is 0 Å². The smallest absolute Gasteiger partial charge is 0.0662 e. The Hall–Kier alpha value is -0.600. The summed E-state index contributed by atoms with van der Waals surface area (Å²) in [5.41, 5.74) is 0. The highest BCUT2D eigenvalue weighted by atomic mass is 32.9. The largest absolute Gasteiger partial charge is 0.392 e. The Morgan fingerprint density at radius 1 is 0.864 bits per heavy atom. The summed E-state index contributed by atoms with van der Waals surface area (Å²) in [5.74, 6) is 0. The molecule has 3 rings (SSSR count). The van der Waals surface area contributed by atoms with E-state index >= 15 is 0 Å². The van der Waals surface area contributed by atoms with E-state index in [2.05, 4.69) is 48.5 Å². The van der Waals surface area contributed by atoms with Crippen LogP contribution in [0, 0.1) is 0 Å². The number of benzene rings is 2. The molecule has 0 saturated heterocycles. The molecule has 2 aromatic carbocycles. The van der Waals surface area contributed by atoms with E-state index in [9.17, 15) is 5.11 Å². The first-order chi connectivity index (χ1) is 10.7. The number of hydrogen-bond donors (Lipinski definition) is 1. The van der Waals surface area contributed by atoms with Gasteiger partial charge in [-0.2, -0.15) is 0 Å². The number of aliphatic hydroxyl groups is 1. The Kier molecular flexibility index (Phi) is 5.41. The van der Waals surface area contributed by atoms with E-state index in [0.717, 1.165) is 19.3 Å². The fraction of sp³-hybridized carbons (Fsp3) is 0.333. The molecule has 0 aliphatic heterocycles. The lowest BCUT2D eigenvalue weighted by atomic mass is 9.97. The summed E-state index contributed by atoms with van der Waals surface area (Å²) >= 11 is 8.09. The Morgan fingerprint density at radius 3 is 1.86 bits per heavy atom. The number of hydrogen-bond acceptors (Lipinski definition) is 3. The van der Waals surface area contributed by atoms with Gasteiger partial charge >= 0.3 is 0 Å². The van der Waals surface area contributed by atoms with Crippen molar-refractivity contribution in [3.63, 3.8) is 0 Å². The van der Waals surface area contributed by atoms with E-state index in [1.165, 1.54) is 17.0 Å². The van der Waals surface area contributed by atoms with Crippen molar-refractivity contribution in [1.29, 1.82) is 0 Å². The molecule has 2 aromatic rings. The summed E-state index contributed by atoms with van der Waals surface area (Å²) in [7, 11) is 0. The predicted molar refractivity (Wildman–Crippen MR) is 102 cm³/mol. The van der Waals surface area contributed by atoms with Crippen molar-refractivity contribution in [2.75, 3.05) is 0 Å². The van der Waals surface area contributed by atoms with Gasteiger partial charge in [-0.05, 0) is 23.5 Å².